The molecule has 30 heavy (non-hydrogen) atoms. The number of aryl methyl sites for hydroxylation is 1. The van der Waals surface area contributed by atoms with Crippen molar-refractivity contribution in [2.24, 2.45) is 0 Å². The summed E-state index contributed by atoms with van der Waals surface area (Å²) in [4.78, 5) is 12.7. The van der Waals surface area contributed by atoms with Crippen molar-refractivity contribution in [3.8, 4) is 6.07 Å². The number of anilines is 1. The van der Waals surface area contributed by atoms with Crippen LogP contribution in [-0.2, 0) is 0 Å². The topological polar surface area (TPSA) is 52.9 Å². The first-order valence-corrected chi connectivity index (χ1v) is 10.2. The minimum atomic E-state index is -0.661. The van der Waals surface area contributed by atoms with Gasteiger partial charge in [-0.05, 0) is 53.9 Å². The number of rotatable bonds is 4. The second kappa shape index (κ2) is 9.28. The average Bonchev–Trinajstić information content (AvgIpc) is 2.71. The van der Waals surface area contributed by atoms with Gasteiger partial charge in [-0.15, -0.1) is 12.6 Å². The normalized spacial score (nSPS) is 11.6. The van der Waals surface area contributed by atoms with Gasteiger partial charge in [0.05, 0.1) is 22.6 Å². The Morgan fingerprint density at radius 2 is 1.80 bits per heavy atom. The zero-order chi connectivity index (χ0) is 22.0. The first kappa shape index (κ1) is 22.5. The zero-order valence-corrected chi connectivity index (χ0v) is 18.7. The van der Waals surface area contributed by atoms with E-state index < -0.39 is 17.6 Å². The monoisotopic (exact) mass is 478 g/mol. The van der Waals surface area contributed by atoms with Crippen molar-refractivity contribution in [1.82, 2.24) is 0 Å². The SMILES string of the molecule is Cc1cc(C(C#N)c2ccc(Cl)cc2)c(Cl)cc1NC(=O)c1ccc(F)c(Cl)c1S. The van der Waals surface area contributed by atoms with Crippen molar-refractivity contribution in [3.05, 3.63) is 91.7 Å². The summed E-state index contributed by atoms with van der Waals surface area (Å²) >= 11 is 22.3. The Kier molecular flexibility index (Phi) is 6.95. The maximum atomic E-state index is 13.5. The van der Waals surface area contributed by atoms with E-state index in [1.165, 1.54) is 6.07 Å². The number of carbonyl (C=O) groups is 1. The summed E-state index contributed by atoms with van der Waals surface area (Å²) in [6.07, 6.45) is 0. The van der Waals surface area contributed by atoms with Gasteiger partial charge in [-0.1, -0.05) is 53.0 Å². The molecule has 8 heteroatoms. The highest BCUT2D eigenvalue weighted by atomic mass is 35.5. The molecule has 1 N–H and O–H groups in total. The number of nitrogens with one attached hydrogen (secondary N) is 1. The molecule has 0 saturated heterocycles. The summed E-state index contributed by atoms with van der Waals surface area (Å²) < 4.78 is 13.5. The Balaban J connectivity index is 1.93. The standard InChI is InChI=1S/C22H14Cl3FN2OS/c1-11-8-15(16(10-27)12-2-4-13(23)5-3-12)17(24)9-19(11)28-22(29)14-6-7-18(26)20(25)21(14)30/h2-9,16,30H,1H3,(H,28,29). The number of nitrogens with zero attached hydrogens (tertiary/aromatic N) is 1. The van der Waals surface area contributed by atoms with E-state index in [9.17, 15) is 14.4 Å². The number of nitriles is 1. The van der Waals surface area contributed by atoms with Crippen LogP contribution in [0.15, 0.2) is 53.4 Å². The van der Waals surface area contributed by atoms with Crippen LogP contribution in [0.5, 0.6) is 0 Å². The van der Waals surface area contributed by atoms with Crippen LogP contribution in [-0.4, -0.2) is 5.91 Å². The highest BCUT2D eigenvalue weighted by Crippen LogP contribution is 2.35. The molecule has 0 radical (unpaired) electrons. The Labute approximate surface area is 193 Å². The summed E-state index contributed by atoms with van der Waals surface area (Å²) in [5, 5.41) is 13.1. The molecular formula is C22H14Cl3FN2OS. The van der Waals surface area contributed by atoms with Gasteiger partial charge in [0, 0.05) is 20.6 Å². The van der Waals surface area contributed by atoms with Crippen LogP contribution in [0.25, 0.3) is 0 Å². The summed E-state index contributed by atoms with van der Waals surface area (Å²) in [6.45, 7) is 1.78. The van der Waals surface area contributed by atoms with Crippen LogP contribution in [0, 0.1) is 24.1 Å². The molecule has 3 aromatic rings. The number of thiol groups is 1. The number of benzene rings is 3. The van der Waals surface area contributed by atoms with Crippen molar-refractivity contribution >= 4 is 59.0 Å². The summed E-state index contributed by atoms with van der Waals surface area (Å²) in [5.74, 6) is -1.77. The zero-order valence-electron chi connectivity index (χ0n) is 15.5. The van der Waals surface area contributed by atoms with Gasteiger partial charge in [0.2, 0.25) is 0 Å². The van der Waals surface area contributed by atoms with Crippen LogP contribution in [0.3, 0.4) is 0 Å². The van der Waals surface area contributed by atoms with Crippen LogP contribution in [0.4, 0.5) is 10.1 Å². The van der Waals surface area contributed by atoms with Crippen molar-refractivity contribution in [3.63, 3.8) is 0 Å². The Morgan fingerprint density at radius 3 is 2.43 bits per heavy atom. The van der Waals surface area contributed by atoms with E-state index in [1.54, 1.807) is 43.3 Å². The molecule has 0 heterocycles. The van der Waals surface area contributed by atoms with Crippen LogP contribution in [0.2, 0.25) is 15.1 Å². The highest BCUT2D eigenvalue weighted by Gasteiger charge is 2.20. The maximum absolute atomic E-state index is 13.5. The average molecular weight is 480 g/mol. The molecule has 0 saturated carbocycles. The van der Waals surface area contributed by atoms with Gasteiger partial charge >= 0.3 is 0 Å². The van der Waals surface area contributed by atoms with E-state index in [0.29, 0.717) is 26.9 Å². The fourth-order valence-electron chi connectivity index (χ4n) is 2.95. The van der Waals surface area contributed by atoms with Crippen LogP contribution in [0.1, 0.15) is 33.0 Å². The summed E-state index contributed by atoms with van der Waals surface area (Å²) in [5.41, 5.74) is 2.64. The molecule has 1 amide bonds. The molecule has 3 aromatic carbocycles. The van der Waals surface area contributed by atoms with E-state index in [4.69, 9.17) is 34.8 Å². The summed E-state index contributed by atoms with van der Waals surface area (Å²) in [7, 11) is 0. The quantitative estimate of drug-likeness (QED) is 0.386. The predicted molar refractivity (Wildman–Crippen MR) is 122 cm³/mol. The molecular weight excluding hydrogens is 466 g/mol. The Bertz CT molecular complexity index is 1180. The molecule has 0 bridgehead atoms. The lowest BCUT2D eigenvalue weighted by Gasteiger charge is -2.16. The van der Waals surface area contributed by atoms with Crippen LogP contribution < -0.4 is 5.32 Å². The predicted octanol–water partition coefficient (Wildman–Crippen LogP) is 7.29. The lowest BCUT2D eigenvalue weighted by molar-refractivity contribution is 0.102. The molecule has 1 atom stereocenters. The third kappa shape index (κ3) is 4.58. The summed E-state index contributed by atoms with van der Waals surface area (Å²) in [6, 6.07) is 14.9. The Hall–Kier alpha value is -2.23. The lowest BCUT2D eigenvalue weighted by atomic mass is 9.91. The third-order valence-electron chi connectivity index (χ3n) is 4.55. The highest BCUT2D eigenvalue weighted by molar-refractivity contribution is 7.80. The maximum Gasteiger partial charge on any atom is 0.256 e. The van der Waals surface area contributed by atoms with Crippen molar-refractivity contribution in [2.45, 2.75) is 17.7 Å². The minimum absolute atomic E-state index is 0.0434. The molecule has 0 aliphatic heterocycles. The van der Waals surface area contributed by atoms with Crippen molar-refractivity contribution in [1.29, 1.82) is 5.26 Å². The molecule has 152 valence electrons. The fourth-order valence-corrected chi connectivity index (χ4v) is 3.80. The molecule has 0 fully saturated rings. The van der Waals surface area contributed by atoms with Gasteiger partial charge < -0.3 is 5.32 Å². The minimum Gasteiger partial charge on any atom is -0.322 e. The van der Waals surface area contributed by atoms with E-state index in [2.05, 4.69) is 24.0 Å². The van der Waals surface area contributed by atoms with Gasteiger partial charge in [-0.2, -0.15) is 5.26 Å². The molecule has 0 aliphatic carbocycles. The molecule has 3 nitrogen and oxygen atoms in total. The third-order valence-corrected chi connectivity index (χ3v) is 6.09. The lowest BCUT2D eigenvalue weighted by Crippen LogP contribution is -2.14. The number of halogens is 4. The molecule has 0 aromatic heterocycles. The smallest absolute Gasteiger partial charge is 0.256 e. The second-order valence-corrected chi connectivity index (χ2v) is 8.18. The largest absolute Gasteiger partial charge is 0.322 e. The fraction of sp³-hybridized carbons (Fsp3) is 0.0909. The van der Waals surface area contributed by atoms with E-state index in [1.807, 2.05) is 0 Å². The molecule has 0 aliphatic rings. The van der Waals surface area contributed by atoms with Gasteiger partial charge in [0.15, 0.2) is 0 Å². The van der Waals surface area contributed by atoms with Crippen molar-refractivity contribution in [2.75, 3.05) is 5.32 Å². The first-order valence-electron chi connectivity index (χ1n) is 8.66. The van der Waals surface area contributed by atoms with Crippen LogP contribution >= 0.6 is 47.4 Å². The molecule has 1 unspecified atom stereocenters. The number of hydrogen-bond donors (Lipinski definition) is 2. The Morgan fingerprint density at radius 1 is 1.13 bits per heavy atom. The van der Waals surface area contributed by atoms with Gasteiger partial charge in [0.25, 0.3) is 5.91 Å². The van der Waals surface area contributed by atoms with E-state index in [-0.39, 0.29) is 15.5 Å². The number of amides is 1. The van der Waals surface area contributed by atoms with Gasteiger partial charge in [-0.25, -0.2) is 4.39 Å². The van der Waals surface area contributed by atoms with Gasteiger partial charge in [-0.3, -0.25) is 4.79 Å². The number of hydrogen-bond acceptors (Lipinski definition) is 3. The second-order valence-electron chi connectivity index (χ2n) is 6.51. The van der Waals surface area contributed by atoms with Gasteiger partial charge in [0.1, 0.15) is 5.82 Å². The molecule has 0 spiro atoms. The molecule has 3 rings (SSSR count). The first-order chi connectivity index (χ1) is 14.2. The van der Waals surface area contributed by atoms with Crippen molar-refractivity contribution < 1.29 is 9.18 Å². The van der Waals surface area contributed by atoms with E-state index in [0.717, 1.165) is 11.6 Å². The number of carbonyl (C=O) groups excluding carboxylic acids is 1. The van der Waals surface area contributed by atoms with E-state index >= 15 is 0 Å².